The highest BCUT2D eigenvalue weighted by molar-refractivity contribution is 6.48. The Hall–Kier alpha value is -2.25. The van der Waals surface area contributed by atoms with Gasteiger partial charge in [0, 0.05) is 12.1 Å². The average Bonchev–Trinajstić information content (AvgIpc) is 2.58. The SMILES string of the molecule is CC1=C(C)C(=NOC(=O)c2ccc([N+](=O)[O-])cc2)C(Cl)C(Cl)C1=O. The van der Waals surface area contributed by atoms with E-state index < -0.39 is 21.6 Å². The van der Waals surface area contributed by atoms with Crippen LogP contribution < -0.4 is 0 Å². The zero-order valence-electron chi connectivity index (χ0n) is 12.7. The van der Waals surface area contributed by atoms with E-state index in [0.717, 1.165) is 0 Å². The van der Waals surface area contributed by atoms with Crippen LogP contribution in [0.15, 0.2) is 40.6 Å². The maximum absolute atomic E-state index is 12.0. The lowest BCUT2D eigenvalue weighted by Crippen LogP contribution is -2.38. The van der Waals surface area contributed by atoms with E-state index >= 15 is 0 Å². The summed E-state index contributed by atoms with van der Waals surface area (Å²) in [5.41, 5.74) is 1.03. The number of nitrogens with zero attached hydrogens (tertiary/aromatic N) is 2. The molecule has 2 rings (SSSR count). The molecule has 0 heterocycles. The second kappa shape index (κ2) is 7.11. The molecule has 0 N–H and O–H groups in total. The van der Waals surface area contributed by atoms with Crippen LogP contribution in [0.4, 0.5) is 5.69 Å². The maximum atomic E-state index is 12.0. The lowest BCUT2D eigenvalue weighted by Gasteiger charge is -2.24. The summed E-state index contributed by atoms with van der Waals surface area (Å²) in [5.74, 6) is -1.11. The predicted molar refractivity (Wildman–Crippen MR) is 88.6 cm³/mol. The largest absolute Gasteiger partial charge is 0.365 e. The molecule has 0 saturated heterocycles. The Morgan fingerprint density at radius 2 is 1.75 bits per heavy atom. The van der Waals surface area contributed by atoms with Crippen LogP contribution in [0.2, 0.25) is 0 Å². The molecule has 126 valence electrons. The number of Topliss-reactive ketones (excluding diaryl/α,β-unsaturated/α-hetero) is 1. The van der Waals surface area contributed by atoms with E-state index in [1.165, 1.54) is 24.3 Å². The third kappa shape index (κ3) is 3.47. The second-order valence-corrected chi connectivity index (χ2v) is 6.02. The summed E-state index contributed by atoms with van der Waals surface area (Å²) in [5, 5.41) is 12.4. The molecule has 7 nitrogen and oxygen atoms in total. The third-order valence-electron chi connectivity index (χ3n) is 3.63. The van der Waals surface area contributed by atoms with Gasteiger partial charge >= 0.3 is 5.97 Å². The Kier molecular flexibility index (Phi) is 5.36. The fraction of sp³-hybridized carbons (Fsp3) is 0.267. The molecule has 24 heavy (non-hydrogen) atoms. The van der Waals surface area contributed by atoms with Crippen molar-refractivity contribution >= 4 is 46.4 Å². The van der Waals surface area contributed by atoms with Gasteiger partial charge in [0.2, 0.25) is 0 Å². The number of non-ortho nitro benzene ring substituents is 1. The van der Waals surface area contributed by atoms with Crippen LogP contribution in [0, 0.1) is 10.1 Å². The molecule has 1 aliphatic carbocycles. The topological polar surface area (TPSA) is 98.9 Å². The van der Waals surface area contributed by atoms with Crippen molar-refractivity contribution in [1.29, 1.82) is 0 Å². The molecule has 0 radical (unpaired) electrons. The van der Waals surface area contributed by atoms with Crippen molar-refractivity contribution in [2.75, 3.05) is 0 Å². The minimum Gasteiger partial charge on any atom is -0.312 e. The first-order valence-corrected chi connectivity index (χ1v) is 7.65. The summed E-state index contributed by atoms with van der Waals surface area (Å²) < 4.78 is 0. The molecule has 1 aliphatic rings. The van der Waals surface area contributed by atoms with Crippen LogP contribution in [0.3, 0.4) is 0 Å². The molecule has 2 atom stereocenters. The fourth-order valence-electron chi connectivity index (χ4n) is 2.04. The summed E-state index contributed by atoms with van der Waals surface area (Å²) >= 11 is 12.0. The van der Waals surface area contributed by atoms with Gasteiger partial charge < -0.3 is 4.84 Å². The van der Waals surface area contributed by atoms with E-state index in [9.17, 15) is 19.7 Å². The standard InChI is InChI=1S/C15H12Cl2N2O5/c1-7-8(2)14(20)12(17)11(16)13(7)18-24-15(21)9-3-5-10(6-4-9)19(22)23/h3-6,11-12H,1-2H3. The van der Waals surface area contributed by atoms with E-state index in [4.69, 9.17) is 28.0 Å². The van der Waals surface area contributed by atoms with Crippen LogP contribution in [0.25, 0.3) is 0 Å². The number of hydrogen-bond acceptors (Lipinski definition) is 6. The van der Waals surface area contributed by atoms with Crippen molar-refractivity contribution in [1.82, 2.24) is 0 Å². The Balaban J connectivity index is 2.21. The number of carbonyl (C=O) groups excluding carboxylic acids is 2. The summed E-state index contributed by atoms with van der Waals surface area (Å²) in [6.45, 7) is 3.22. The first kappa shape index (κ1) is 18.1. The van der Waals surface area contributed by atoms with Crippen LogP contribution in [0.1, 0.15) is 24.2 Å². The number of nitro benzene ring substituents is 1. The van der Waals surface area contributed by atoms with Gasteiger partial charge in [0.1, 0.15) is 16.5 Å². The van der Waals surface area contributed by atoms with Gasteiger partial charge in [-0.1, -0.05) is 5.16 Å². The van der Waals surface area contributed by atoms with Gasteiger partial charge in [0.25, 0.3) is 5.69 Å². The molecule has 2 unspecified atom stereocenters. The van der Waals surface area contributed by atoms with Crippen LogP contribution >= 0.6 is 23.2 Å². The zero-order valence-corrected chi connectivity index (χ0v) is 14.2. The molecule has 0 amide bonds. The van der Waals surface area contributed by atoms with Gasteiger partial charge in [-0.25, -0.2) is 4.79 Å². The number of hydrogen-bond donors (Lipinski definition) is 0. The number of ketones is 1. The first-order valence-electron chi connectivity index (χ1n) is 6.78. The highest BCUT2D eigenvalue weighted by atomic mass is 35.5. The lowest BCUT2D eigenvalue weighted by molar-refractivity contribution is -0.384. The Morgan fingerprint density at radius 3 is 2.29 bits per heavy atom. The van der Waals surface area contributed by atoms with Crippen molar-refractivity contribution < 1.29 is 19.3 Å². The van der Waals surface area contributed by atoms with Crippen molar-refractivity contribution in [3.8, 4) is 0 Å². The maximum Gasteiger partial charge on any atom is 0.365 e. The second-order valence-electron chi connectivity index (χ2n) is 5.08. The summed E-state index contributed by atoms with van der Waals surface area (Å²) in [4.78, 5) is 38.6. The highest BCUT2D eigenvalue weighted by Gasteiger charge is 2.37. The lowest BCUT2D eigenvalue weighted by atomic mass is 9.90. The first-order chi connectivity index (χ1) is 11.2. The molecule has 1 aromatic rings. The smallest absolute Gasteiger partial charge is 0.312 e. The Labute approximate surface area is 147 Å². The minimum atomic E-state index is -0.993. The van der Waals surface area contributed by atoms with Crippen molar-refractivity contribution in [3.05, 3.63) is 51.1 Å². The van der Waals surface area contributed by atoms with Gasteiger partial charge in [-0.15, -0.1) is 23.2 Å². The summed E-state index contributed by atoms with van der Waals surface area (Å²) in [6, 6.07) is 4.86. The number of rotatable bonds is 3. The number of carbonyl (C=O) groups is 2. The number of allylic oxidation sites excluding steroid dienone is 2. The van der Waals surface area contributed by atoms with Crippen LogP contribution in [-0.4, -0.2) is 33.1 Å². The van der Waals surface area contributed by atoms with Crippen LogP contribution in [-0.2, 0) is 9.63 Å². The molecule has 9 heteroatoms. The molecule has 0 bridgehead atoms. The van der Waals surface area contributed by atoms with Crippen molar-refractivity contribution in [2.24, 2.45) is 5.16 Å². The summed E-state index contributed by atoms with van der Waals surface area (Å²) in [7, 11) is 0. The Bertz CT molecular complexity index is 771. The molecule has 0 spiro atoms. The normalized spacial score (nSPS) is 22.7. The van der Waals surface area contributed by atoms with E-state index in [1.807, 2.05) is 0 Å². The molecule has 1 aromatic carbocycles. The van der Waals surface area contributed by atoms with Gasteiger partial charge in [0.05, 0.1) is 10.5 Å². The third-order valence-corrected chi connectivity index (χ3v) is 4.66. The van der Waals surface area contributed by atoms with Gasteiger partial charge in [-0.3, -0.25) is 14.9 Å². The van der Waals surface area contributed by atoms with E-state index in [2.05, 4.69) is 5.16 Å². The van der Waals surface area contributed by atoms with Crippen molar-refractivity contribution in [2.45, 2.75) is 24.6 Å². The highest BCUT2D eigenvalue weighted by Crippen LogP contribution is 2.28. The summed E-state index contributed by atoms with van der Waals surface area (Å²) in [6.07, 6.45) is 0. The fourth-order valence-corrected chi connectivity index (χ4v) is 2.64. The van der Waals surface area contributed by atoms with E-state index in [-0.39, 0.29) is 22.7 Å². The minimum absolute atomic E-state index is 0.0868. The van der Waals surface area contributed by atoms with E-state index in [1.54, 1.807) is 13.8 Å². The number of halogens is 2. The average molecular weight is 371 g/mol. The monoisotopic (exact) mass is 370 g/mol. The number of nitro groups is 1. The molecule has 0 saturated carbocycles. The Morgan fingerprint density at radius 1 is 1.17 bits per heavy atom. The van der Waals surface area contributed by atoms with Gasteiger partial charge in [-0.05, 0) is 37.1 Å². The van der Waals surface area contributed by atoms with Gasteiger partial charge in [-0.2, -0.15) is 0 Å². The number of benzene rings is 1. The predicted octanol–water partition coefficient (Wildman–Crippen LogP) is 3.24. The molecule has 0 aliphatic heterocycles. The number of oxime groups is 1. The van der Waals surface area contributed by atoms with Crippen molar-refractivity contribution in [3.63, 3.8) is 0 Å². The molecule has 0 fully saturated rings. The zero-order chi connectivity index (χ0) is 18.0. The van der Waals surface area contributed by atoms with Crippen LogP contribution in [0.5, 0.6) is 0 Å². The molecule has 0 aromatic heterocycles. The van der Waals surface area contributed by atoms with E-state index in [0.29, 0.717) is 11.1 Å². The number of alkyl halides is 2. The molecular formula is C15H12Cl2N2O5. The molecular weight excluding hydrogens is 359 g/mol. The quantitative estimate of drug-likeness (QED) is 0.352. The van der Waals surface area contributed by atoms with Gasteiger partial charge in [0.15, 0.2) is 5.78 Å².